The number of pyridine rings is 1. The van der Waals surface area contributed by atoms with E-state index in [1.54, 1.807) is 0 Å². The maximum absolute atomic E-state index is 4.08. The lowest BCUT2D eigenvalue weighted by Gasteiger charge is -2.08. The van der Waals surface area contributed by atoms with Crippen LogP contribution in [0.25, 0.3) is 5.57 Å². The van der Waals surface area contributed by atoms with Gasteiger partial charge in [-0.15, -0.1) is 0 Å². The number of rotatable bonds is 1. The number of nitrogens with zero attached hydrogens (tertiary/aromatic N) is 1. The molecule has 1 aliphatic carbocycles. The first-order chi connectivity index (χ1) is 6.79. The van der Waals surface area contributed by atoms with Gasteiger partial charge < -0.3 is 0 Å². The van der Waals surface area contributed by atoms with Gasteiger partial charge in [-0.3, -0.25) is 4.98 Å². The summed E-state index contributed by atoms with van der Waals surface area (Å²) in [6.07, 6.45) is 7.62. The van der Waals surface area contributed by atoms with Gasteiger partial charge in [0.15, 0.2) is 0 Å². The van der Waals surface area contributed by atoms with E-state index >= 15 is 0 Å². The zero-order valence-corrected chi connectivity index (χ0v) is 8.33. The highest BCUT2D eigenvalue weighted by molar-refractivity contribution is 5.80. The van der Waals surface area contributed by atoms with E-state index in [1.807, 2.05) is 30.6 Å². The lowest BCUT2D eigenvalue weighted by molar-refractivity contribution is 1.25. The van der Waals surface area contributed by atoms with Crippen LogP contribution in [0.15, 0.2) is 47.6 Å². The summed E-state index contributed by atoms with van der Waals surface area (Å²) in [5.41, 5.74) is 10.8. The van der Waals surface area contributed by atoms with Gasteiger partial charge in [0.2, 0.25) is 0 Å². The SMILES string of the molecule is CC1=C(c2ccncc2C)C=C=C=C1. The van der Waals surface area contributed by atoms with Gasteiger partial charge in [0.25, 0.3) is 0 Å². The zero-order valence-electron chi connectivity index (χ0n) is 8.33. The third kappa shape index (κ3) is 1.47. The molecular formula is C13H11N. The fraction of sp³-hybridized carbons (Fsp3) is 0.154. The van der Waals surface area contributed by atoms with Crippen LogP contribution in [0.4, 0.5) is 0 Å². The van der Waals surface area contributed by atoms with Crippen LogP contribution in [0.5, 0.6) is 0 Å². The second-order valence-corrected chi connectivity index (χ2v) is 3.36. The first-order valence-corrected chi connectivity index (χ1v) is 4.58. The molecule has 1 aliphatic rings. The third-order valence-corrected chi connectivity index (χ3v) is 2.32. The topological polar surface area (TPSA) is 12.9 Å². The molecule has 0 radical (unpaired) electrons. The van der Waals surface area contributed by atoms with Gasteiger partial charge in [-0.05, 0) is 54.3 Å². The largest absolute Gasteiger partial charge is 0.264 e. The van der Waals surface area contributed by atoms with Crippen LogP contribution in [-0.4, -0.2) is 4.98 Å². The maximum Gasteiger partial charge on any atom is 0.0303 e. The van der Waals surface area contributed by atoms with Gasteiger partial charge in [-0.25, -0.2) is 0 Å². The Morgan fingerprint density at radius 1 is 1.14 bits per heavy atom. The molecule has 68 valence electrons. The summed E-state index contributed by atoms with van der Waals surface area (Å²) in [5.74, 6) is 0. The predicted molar refractivity (Wildman–Crippen MR) is 57.7 cm³/mol. The van der Waals surface area contributed by atoms with Crippen LogP contribution in [0, 0.1) is 6.92 Å². The minimum atomic E-state index is 1.19. The van der Waals surface area contributed by atoms with Gasteiger partial charge in [0, 0.05) is 12.4 Å². The second kappa shape index (κ2) is 3.51. The lowest BCUT2D eigenvalue weighted by Crippen LogP contribution is -1.90. The van der Waals surface area contributed by atoms with Gasteiger partial charge in [0.05, 0.1) is 0 Å². The Labute approximate surface area is 83.8 Å². The van der Waals surface area contributed by atoms with Crippen LogP contribution < -0.4 is 0 Å². The van der Waals surface area contributed by atoms with Gasteiger partial charge in [0.1, 0.15) is 0 Å². The summed E-state index contributed by atoms with van der Waals surface area (Å²) < 4.78 is 0. The van der Waals surface area contributed by atoms with Crippen LogP contribution in [0.2, 0.25) is 0 Å². The molecule has 1 heteroatoms. The molecular weight excluding hydrogens is 170 g/mol. The van der Waals surface area contributed by atoms with E-state index in [2.05, 4.69) is 30.3 Å². The first-order valence-electron chi connectivity index (χ1n) is 4.58. The predicted octanol–water partition coefficient (Wildman–Crippen LogP) is 3.04. The second-order valence-electron chi connectivity index (χ2n) is 3.36. The molecule has 0 saturated heterocycles. The lowest BCUT2D eigenvalue weighted by atomic mass is 9.97. The summed E-state index contributed by atoms with van der Waals surface area (Å²) in [4.78, 5) is 4.08. The van der Waals surface area contributed by atoms with Crippen LogP contribution >= 0.6 is 0 Å². The quantitative estimate of drug-likeness (QED) is 0.607. The first kappa shape index (κ1) is 8.77. The normalized spacial score (nSPS) is 13.9. The van der Waals surface area contributed by atoms with Crippen molar-refractivity contribution in [3.05, 3.63) is 58.8 Å². The molecule has 1 aromatic heterocycles. The monoisotopic (exact) mass is 181 g/mol. The van der Waals surface area contributed by atoms with Crippen LogP contribution in [0.3, 0.4) is 0 Å². The molecule has 0 atom stereocenters. The van der Waals surface area contributed by atoms with E-state index in [9.17, 15) is 0 Å². The number of hydrogen-bond donors (Lipinski definition) is 0. The fourth-order valence-corrected chi connectivity index (χ4v) is 1.52. The Morgan fingerprint density at radius 3 is 2.64 bits per heavy atom. The smallest absolute Gasteiger partial charge is 0.0303 e. The third-order valence-electron chi connectivity index (χ3n) is 2.32. The van der Waals surface area contributed by atoms with E-state index in [-0.39, 0.29) is 0 Å². The van der Waals surface area contributed by atoms with E-state index in [1.165, 1.54) is 22.3 Å². The number of allylic oxidation sites excluding steroid dienone is 4. The molecule has 0 spiro atoms. The van der Waals surface area contributed by atoms with Crippen molar-refractivity contribution in [3.63, 3.8) is 0 Å². The Bertz CT molecular complexity index is 494. The highest BCUT2D eigenvalue weighted by Gasteiger charge is 2.05. The summed E-state index contributed by atoms with van der Waals surface area (Å²) in [6, 6.07) is 2.03. The minimum Gasteiger partial charge on any atom is -0.264 e. The maximum atomic E-state index is 4.08. The highest BCUT2D eigenvalue weighted by atomic mass is 14.6. The molecule has 0 aromatic carbocycles. The minimum absolute atomic E-state index is 1.19. The van der Waals surface area contributed by atoms with Crippen molar-refractivity contribution >= 4 is 5.57 Å². The van der Waals surface area contributed by atoms with Gasteiger partial charge >= 0.3 is 0 Å². The van der Waals surface area contributed by atoms with Crippen molar-refractivity contribution in [2.75, 3.05) is 0 Å². The summed E-state index contributed by atoms with van der Waals surface area (Å²) in [5, 5.41) is 0. The molecule has 0 aliphatic heterocycles. The molecule has 1 nitrogen and oxygen atoms in total. The van der Waals surface area contributed by atoms with Crippen molar-refractivity contribution in [1.29, 1.82) is 0 Å². The molecule has 1 aromatic rings. The van der Waals surface area contributed by atoms with E-state index in [0.717, 1.165) is 0 Å². The number of aryl methyl sites for hydroxylation is 1. The van der Waals surface area contributed by atoms with Crippen LogP contribution in [0.1, 0.15) is 18.1 Å². The van der Waals surface area contributed by atoms with Crippen molar-refractivity contribution in [3.8, 4) is 0 Å². The molecule has 0 fully saturated rings. The fourth-order valence-electron chi connectivity index (χ4n) is 1.52. The van der Waals surface area contributed by atoms with Crippen molar-refractivity contribution in [1.82, 2.24) is 4.98 Å². The Hall–Kier alpha value is -1.81. The standard InChI is InChI=1S/C13H11N/c1-10-5-3-4-6-12(10)13-7-8-14-9-11(13)2/h5-9H,1-2H3. The summed E-state index contributed by atoms with van der Waals surface area (Å²) in [7, 11) is 0. The van der Waals surface area contributed by atoms with Crippen molar-refractivity contribution in [2.45, 2.75) is 13.8 Å². The molecule has 2 rings (SSSR count). The summed E-state index contributed by atoms with van der Waals surface area (Å²) >= 11 is 0. The average molecular weight is 181 g/mol. The van der Waals surface area contributed by atoms with E-state index in [4.69, 9.17) is 0 Å². The van der Waals surface area contributed by atoms with Gasteiger partial charge in [-0.2, -0.15) is 0 Å². The zero-order chi connectivity index (χ0) is 9.97. The average Bonchev–Trinajstić information content (AvgIpc) is 2.20. The highest BCUT2D eigenvalue weighted by Crippen LogP contribution is 2.24. The molecule has 14 heavy (non-hydrogen) atoms. The molecule has 0 unspecified atom stereocenters. The van der Waals surface area contributed by atoms with Crippen molar-refractivity contribution in [2.24, 2.45) is 0 Å². The van der Waals surface area contributed by atoms with Crippen LogP contribution in [-0.2, 0) is 0 Å². The Kier molecular flexibility index (Phi) is 2.20. The molecule has 0 bridgehead atoms. The Balaban J connectivity index is 2.58. The number of hydrogen-bond acceptors (Lipinski definition) is 1. The van der Waals surface area contributed by atoms with Gasteiger partial charge in [-0.1, -0.05) is 11.5 Å². The molecule has 1 heterocycles. The van der Waals surface area contributed by atoms with Crippen molar-refractivity contribution < 1.29 is 0 Å². The summed E-state index contributed by atoms with van der Waals surface area (Å²) in [6.45, 7) is 4.15. The molecule has 0 N–H and O–H groups in total. The molecule has 0 amide bonds. The number of aromatic nitrogens is 1. The molecule has 0 saturated carbocycles. The Morgan fingerprint density at radius 2 is 1.93 bits per heavy atom. The van der Waals surface area contributed by atoms with E-state index < -0.39 is 0 Å². The van der Waals surface area contributed by atoms with E-state index in [0.29, 0.717) is 0 Å².